The van der Waals surface area contributed by atoms with Gasteiger partial charge in [0.15, 0.2) is 0 Å². The number of likely N-dealkylation sites (tertiary alicyclic amines) is 1. The Balaban J connectivity index is 1.49. The molecule has 0 aromatic heterocycles. The number of likely N-dealkylation sites (N-methyl/N-ethyl adjacent to an activating group) is 1. The Morgan fingerprint density at radius 3 is 2.31 bits per heavy atom. The van der Waals surface area contributed by atoms with Crippen LogP contribution < -0.4 is 0 Å². The number of carbonyl (C=O) groups excluding carboxylic acids is 1. The van der Waals surface area contributed by atoms with E-state index in [1.54, 1.807) is 18.0 Å². The van der Waals surface area contributed by atoms with E-state index in [2.05, 4.69) is 17.0 Å². The summed E-state index contributed by atoms with van der Waals surface area (Å²) in [4.78, 5) is 16.5. The number of piperidine rings is 1. The topological polar surface area (TPSA) is 23.6 Å². The average Bonchev–Trinajstić information content (AvgIpc) is 2.70. The second-order valence-corrected chi connectivity index (χ2v) is 7.81. The lowest BCUT2D eigenvalue weighted by Crippen LogP contribution is -2.39. The molecule has 3 nitrogen and oxygen atoms in total. The van der Waals surface area contributed by atoms with Crippen molar-refractivity contribution in [2.75, 3.05) is 26.7 Å². The number of benzene rings is 2. The van der Waals surface area contributed by atoms with Gasteiger partial charge >= 0.3 is 6.18 Å². The third-order valence-electron chi connectivity index (χ3n) is 5.58. The molecule has 156 valence electrons. The summed E-state index contributed by atoms with van der Waals surface area (Å²) in [7, 11) is 1.69. The maximum Gasteiger partial charge on any atom is 0.416 e. The first-order valence-corrected chi connectivity index (χ1v) is 9.98. The van der Waals surface area contributed by atoms with E-state index in [1.165, 1.54) is 17.7 Å². The number of carbonyl (C=O) groups is 1. The Bertz CT molecular complexity index is 799. The van der Waals surface area contributed by atoms with Gasteiger partial charge in [0.2, 0.25) is 5.91 Å². The van der Waals surface area contributed by atoms with Crippen LogP contribution in [0.25, 0.3) is 0 Å². The molecule has 0 radical (unpaired) electrons. The molecule has 3 rings (SSSR count). The highest BCUT2D eigenvalue weighted by molar-refractivity contribution is 5.79. The minimum absolute atomic E-state index is 0.0366. The van der Waals surface area contributed by atoms with E-state index in [-0.39, 0.29) is 17.9 Å². The van der Waals surface area contributed by atoms with E-state index in [0.717, 1.165) is 38.5 Å². The van der Waals surface area contributed by atoms with Crippen LogP contribution in [0.15, 0.2) is 54.6 Å². The lowest BCUT2D eigenvalue weighted by atomic mass is 9.95. The molecule has 1 saturated heterocycles. The summed E-state index contributed by atoms with van der Waals surface area (Å²) in [6, 6.07) is 15.6. The molecule has 0 unspecified atom stereocenters. The van der Waals surface area contributed by atoms with Crippen LogP contribution >= 0.6 is 0 Å². The number of halogens is 3. The molecule has 0 atom stereocenters. The van der Waals surface area contributed by atoms with Crippen LogP contribution in [0.2, 0.25) is 0 Å². The van der Waals surface area contributed by atoms with Crippen molar-refractivity contribution >= 4 is 5.91 Å². The summed E-state index contributed by atoms with van der Waals surface area (Å²) in [5.41, 5.74) is 0.604. The van der Waals surface area contributed by atoms with Gasteiger partial charge in [0, 0.05) is 20.1 Å². The van der Waals surface area contributed by atoms with Crippen LogP contribution in [0.3, 0.4) is 0 Å². The fraction of sp³-hybridized carbons (Fsp3) is 0.435. The first-order valence-electron chi connectivity index (χ1n) is 9.98. The summed E-state index contributed by atoms with van der Waals surface area (Å²) >= 11 is 0. The van der Waals surface area contributed by atoms with Gasteiger partial charge in [-0.15, -0.1) is 0 Å². The summed E-state index contributed by atoms with van der Waals surface area (Å²) in [6.07, 6.45) is -2.69. The highest BCUT2D eigenvalue weighted by Gasteiger charge is 2.33. The number of hydrogen-bond acceptors (Lipinski definition) is 2. The predicted molar refractivity (Wildman–Crippen MR) is 107 cm³/mol. The largest absolute Gasteiger partial charge is 0.416 e. The fourth-order valence-corrected chi connectivity index (χ4v) is 3.91. The molecule has 1 fully saturated rings. The first-order chi connectivity index (χ1) is 13.8. The van der Waals surface area contributed by atoms with Crippen LogP contribution in [-0.2, 0) is 23.9 Å². The van der Waals surface area contributed by atoms with E-state index in [4.69, 9.17) is 0 Å². The van der Waals surface area contributed by atoms with Gasteiger partial charge in [-0.2, -0.15) is 13.2 Å². The van der Waals surface area contributed by atoms with E-state index < -0.39 is 11.7 Å². The van der Waals surface area contributed by atoms with Gasteiger partial charge in [-0.05, 0) is 49.0 Å². The summed E-state index contributed by atoms with van der Waals surface area (Å²) in [5, 5.41) is 0. The van der Waals surface area contributed by atoms with Gasteiger partial charge in [0.05, 0.1) is 12.0 Å². The molecule has 0 saturated carbocycles. The van der Waals surface area contributed by atoms with Gasteiger partial charge in [0.1, 0.15) is 0 Å². The average molecular weight is 404 g/mol. The molecule has 1 aliphatic heterocycles. The van der Waals surface area contributed by atoms with Gasteiger partial charge in [-0.25, -0.2) is 0 Å². The molecule has 1 amide bonds. The number of alkyl halides is 3. The normalized spacial score (nSPS) is 16.0. The lowest BCUT2D eigenvalue weighted by molar-refractivity contribution is -0.138. The number of nitrogens with zero attached hydrogens (tertiary/aromatic N) is 2. The SMILES string of the molecule is CN(CC1CCN(Cc2ccccc2)CC1)C(=O)Cc1ccccc1C(F)(F)F. The molecule has 0 N–H and O–H groups in total. The maximum absolute atomic E-state index is 13.1. The Morgan fingerprint density at radius 2 is 1.66 bits per heavy atom. The lowest BCUT2D eigenvalue weighted by Gasteiger charge is -2.34. The fourth-order valence-electron chi connectivity index (χ4n) is 3.91. The quantitative estimate of drug-likeness (QED) is 0.702. The highest BCUT2D eigenvalue weighted by Crippen LogP contribution is 2.32. The molecule has 2 aromatic rings. The van der Waals surface area contributed by atoms with Gasteiger partial charge in [-0.3, -0.25) is 9.69 Å². The Labute approximate surface area is 170 Å². The monoisotopic (exact) mass is 404 g/mol. The molecule has 2 aromatic carbocycles. The molecule has 29 heavy (non-hydrogen) atoms. The number of rotatable bonds is 6. The predicted octanol–water partition coefficient (Wildman–Crippen LogP) is 4.62. The van der Waals surface area contributed by atoms with Crippen molar-refractivity contribution in [2.45, 2.75) is 32.0 Å². The Hall–Kier alpha value is -2.34. The summed E-state index contributed by atoms with van der Waals surface area (Å²) in [5.74, 6) is 0.113. The molecule has 1 aliphatic rings. The van der Waals surface area contributed by atoms with E-state index in [1.807, 2.05) is 18.2 Å². The molecule has 0 aliphatic carbocycles. The molecule has 0 spiro atoms. The maximum atomic E-state index is 13.1. The Morgan fingerprint density at radius 1 is 1.03 bits per heavy atom. The van der Waals surface area contributed by atoms with Crippen molar-refractivity contribution in [1.82, 2.24) is 9.80 Å². The van der Waals surface area contributed by atoms with Gasteiger partial charge < -0.3 is 4.90 Å². The summed E-state index contributed by atoms with van der Waals surface area (Å²) < 4.78 is 39.4. The van der Waals surface area contributed by atoms with Crippen molar-refractivity contribution in [3.63, 3.8) is 0 Å². The van der Waals surface area contributed by atoms with Gasteiger partial charge in [-0.1, -0.05) is 48.5 Å². The molecule has 0 bridgehead atoms. The molecule has 6 heteroatoms. The van der Waals surface area contributed by atoms with Crippen LogP contribution in [0.1, 0.15) is 29.5 Å². The van der Waals surface area contributed by atoms with Crippen LogP contribution in [0.4, 0.5) is 13.2 Å². The van der Waals surface area contributed by atoms with Gasteiger partial charge in [0.25, 0.3) is 0 Å². The first kappa shape index (κ1) is 21.4. The highest BCUT2D eigenvalue weighted by atomic mass is 19.4. The Kier molecular flexibility index (Phi) is 6.96. The summed E-state index contributed by atoms with van der Waals surface area (Å²) in [6.45, 7) is 3.46. The standard InChI is InChI=1S/C23H27F3N2O/c1-27(22(29)15-20-9-5-6-10-21(20)23(24,25)26)16-19-11-13-28(14-12-19)17-18-7-3-2-4-8-18/h2-10,19H,11-17H2,1H3. The van der Waals surface area contributed by atoms with Crippen molar-refractivity contribution in [3.05, 3.63) is 71.3 Å². The third kappa shape index (κ3) is 6.07. The van der Waals surface area contributed by atoms with Crippen molar-refractivity contribution in [1.29, 1.82) is 0 Å². The van der Waals surface area contributed by atoms with Crippen LogP contribution in [0.5, 0.6) is 0 Å². The number of amides is 1. The molecule has 1 heterocycles. The smallest absolute Gasteiger partial charge is 0.345 e. The van der Waals surface area contributed by atoms with E-state index in [0.29, 0.717) is 12.5 Å². The minimum atomic E-state index is -4.44. The zero-order chi connectivity index (χ0) is 20.9. The van der Waals surface area contributed by atoms with Crippen LogP contribution in [0, 0.1) is 5.92 Å². The number of hydrogen-bond donors (Lipinski definition) is 0. The van der Waals surface area contributed by atoms with Crippen molar-refractivity contribution in [2.24, 2.45) is 5.92 Å². The van der Waals surface area contributed by atoms with Crippen molar-refractivity contribution < 1.29 is 18.0 Å². The zero-order valence-electron chi connectivity index (χ0n) is 16.7. The zero-order valence-corrected chi connectivity index (χ0v) is 16.7. The van der Waals surface area contributed by atoms with E-state index >= 15 is 0 Å². The molecular weight excluding hydrogens is 377 g/mol. The second-order valence-electron chi connectivity index (χ2n) is 7.81. The van der Waals surface area contributed by atoms with Crippen LogP contribution in [-0.4, -0.2) is 42.4 Å². The minimum Gasteiger partial charge on any atom is -0.345 e. The second kappa shape index (κ2) is 9.44. The van der Waals surface area contributed by atoms with Crippen molar-refractivity contribution in [3.8, 4) is 0 Å². The third-order valence-corrected chi connectivity index (χ3v) is 5.58. The molecular formula is C23H27F3N2O. The van der Waals surface area contributed by atoms with E-state index in [9.17, 15) is 18.0 Å².